The van der Waals surface area contributed by atoms with Gasteiger partial charge in [-0.2, -0.15) is 0 Å². The number of carbonyl (C=O) groups is 1. The number of fused-ring (bicyclic) bond motifs is 1. The van der Waals surface area contributed by atoms with E-state index in [9.17, 15) is 4.79 Å². The van der Waals surface area contributed by atoms with Gasteiger partial charge in [0, 0.05) is 12.0 Å². The molecule has 24 heavy (non-hydrogen) atoms. The van der Waals surface area contributed by atoms with Crippen molar-refractivity contribution in [1.82, 2.24) is 10.6 Å². The molecule has 1 aromatic rings. The first-order valence-corrected chi connectivity index (χ1v) is 8.28. The number of hydrogen-bond acceptors (Lipinski definition) is 5. The van der Waals surface area contributed by atoms with Crippen LogP contribution in [0.2, 0.25) is 0 Å². The van der Waals surface area contributed by atoms with Gasteiger partial charge in [-0.3, -0.25) is 4.79 Å². The van der Waals surface area contributed by atoms with Crippen LogP contribution in [0.1, 0.15) is 19.3 Å². The zero-order chi connectivity index (χ0) is 15.7. The standard InChI is InChI=1S/C17H22N2O4.ClH/c20-16(13-10-17(13)3-5-18-6-4-17)19-7-8-21-12-1-2-14-15(9-12)23-11-22-14;/h1-2,9,13,18H,3-8,10-11H2,(H,19,20);1H. The Kier molecular flexibility index (Phi) is 5.06. The minimum atomic E-state index is 0. The minimum Gasteiger partial charge on any atom is -0.492 e. The first-order valence-electron chi connectivity index (χ1n) is 8.28. The third-order valence-corrected chi connectivity index (χ3v) is 5.12. The van der Waals surface area contributed by atoms with E-state index in [-0.39, 0.29) is 36.4 Å². The third kappa shape index (κ3) is 3.39. The summed E-state index contributed by atoms with van der Waals surface area (Å²) in [6, 6.07) is 5.50. The summed E-state index contributed by atoms with van der Waals surface area (Å²) in [4.78, 5) is 12.2. The Morgan fingerprint density at radius 1 is 1.29 bits per heavy atom. The molecule has 1 saturated carbocycles. The van der Waals surface area contributed by atoms with Gasteiger partial charge in [0.25, 0.3) is 0 Å². The van der Waals surface area contributed by atoms with E-state index >= 15 is 0 Å². The Morgan fingerprint density at radius 2 is 2.08 bits per heavy atom. The van der Waals surface area contributed by atoms with Gasteiger partial charge in [-0.05, 0) is 49.9 Å². The van der Waals surface area contributed by atoms with Gasteiger partial charge in [-0.1, -0.05) is 0 Å². The van der Waals surface area contributed by atoms with Crippen LogP contribution in [0, 0.1) is 11.3 Å². The van der Waals surface area contributed by atoms with Crippen molar-refractivity contribution in [3.8, 4) is 17.2 Å². The SMILES string of the molecule is Cl.O=C(NCCOc1ccc2c(c1)OCO2)C1CC12CCNCC2. The van der Waals surface area contributed by atoms with Crippen molar-refractivity contribution < 1.29 is 19.0 Å². The van der Waals surface area contributed by atoms with E-state index in [2.05, 4.69) is 10.6 Å². The van der Waals surface area contributed by atoms with E-state index in [1.54, 1.807) is 0 Å². The molecular weight excluding hydrogens is 332 g/mol. The van der Waals surface area contributed by atoms with Crippen molar-refractivity contribution in [3.05, 3.63) is 18.2 Å². The van der Waals surface area contributed by atoms with Crippen LogP contribution in [0.25, 0.3) is 0 Å². The molecular formula is C17H23ClN2O4. The molecule has 2 aliphatic heterocycles. The first-order chi connectivity index (χ1) is 11.3. The van der Waals surface area contributed by atoms with Gasteiger partial charge in [0.2, 0.25) is 12.7 Å². The molecule has 3 aliphatic rings. The molecule has 6 nitrogen and oxygen atoms in total. The summed E-state index contributed by atoms with van der Waals surface area (Å²) in [5, 5.41) is 6.36. The normalized spacial score (nSPS) is 22.6. The van der Waals surface area contributed by atoms with E-state index in [4.69, 9.17) is 14.2 Å². The van der Waals surface area contributed by atoms with Gasteiger partial charge in [-0.15, -0.1) is 12.4 Å². The Bertz CT molecular complexity index is 604. The number of hydrogen-bond donors (Lipinski definition) is 2. The van der Waals surface area contributed by atoms with Crippen LogP contribution in [0.3, 0.4) is 0 Å². The van der Waals surface area contributed by atoms with Gasteiger partial charge in [0.1, 0.15) is 12.4 Å². The summed E-state index contributed by atoms with van der Waals surface area (Å²) in [5.74, 6) is 2.56. The summed E-state index contributed by atoms with van der Waals surface area (Å²) in [7, 11) is 0. The van der Waals surface area contributed by atoms with Crippen molar-refractivity contribution in [1.29, 1.82) is 0 Å². The molecule has 0 radical (unpaired) electrons. The van der Waals surface area contributed by atoms with E-state index in [1.165, 1.54) is 0 Å². The van der Waals surface area contributed by atoms with Gasteiger partial charge >= 0.3 is 0 Å². The summed E-state index contributed by atoms with van der Waals surface area (Å²) in [6.07, 6.45) is 3.29. The molecule has 2 N–H and O–H groups in total. The average Bonchev–Trinajstić information content (AvgIpc) is 3.06. The molecule has 2 fully saturated rings. The minimum absolute atomic E-state index is 0. The van der Waals surface area contributed by atoms with Crippen molar-refractivity contribution in [2.75, 3.05) is 33.0 Å². The molecule has 1 saturated heterocycles. The van der Waals surface area contributed by atoms with Crippen LogP contribution in [-0.2, 0) is 4.79 Å². The largest absolute Gasteiger partial charge is 0.492 e. The number of nitrogens with one attached hydrogen (secondary N) is 2. The van der Waals surface area contributed by atoms with Crippen LogP contribution in [0.5, 0.6) is 17.2 Å². The Balaban J connectivity index is 0.00000169. The number of benzene rings is 1. The van der Waals surface area contributed by atoms with Crippen molar-refractivity contribution in [3.63, 3.8) is 0 Å². The Labute approximate surface area is 147 Å². The predicted octanol–water partition coefficient (Wildman–Crippen LogP) is 1.72. The molecule has 132 valence electrons. The summed E-state index contributed by atoms with van der Waals surface area (Å²) >= 11 is 0. The Hall–Kier alpha value is -1.66. The lowest BCUT2D eigenvalue weighted by Crippen LogP contribution is -2.35. The number of carbonyl (C=O) groups excluding carboxylic acids is 1. The maximum absolute atomic E-state index is 12.2. The molecule has 2 heterocycles. The van der Waals surface area contributed by atoms with Crippen LogP contribution in [0.4, 0.5) is 0 Å². The van der Waals surface area contributed by atoms with E-state index in [1.807, 2.05) is 18.2 Å². The number of amides is 1. The average molecular weight is 355 g/mol. The number of halogens is 1. The molecule has 1 atom stereocenters. The van der Waals surface area contributed by atoms with Crippen LogP contribution in [-0.4, -0.2) is 38.9 Å². The number of piperidine rings is 1. The highest BCUT2D eigenvalue weighted by molar-refractivity contribution is 5.85. The van der Waals surface area contributed by atoms with Crippen LogP contribution in [0.15, 0.2) is 18.2 Å². The molecule has 1 aromatic carbocycles. The van der Waals surface area contributed by atoms with Gasteiger partial charge < -0.3 is 24.8 Å². The molecule has 7 heteroatoms. The lowest BCUT2D eigenvalue weighted by Gasteiger charge is -2.23. The highest BCUT2D eigenvalue weighted by Crippen LogP contribution is 2.58. The molecule has 1 aliphatic carbocycles. The zero-order valence-corrected chi connectivity index (χ0v) is 14.3. The third-order valence-electron chi connectivity index (χ3n) is 5.12. The summed E-state index contributed by atoms with van der Waals surface area (Å²) in [6.45, 7) is 3.31. The number of ether oxygens (including phenoxy) is 3. The maximum atomic E-state index is 12.2. The predicted molar refractivity (Wildman–Crippen MR) is 91.0 cm³/mol. The highest BCUT2D eigenvalue weighted by Gasteiger charge is 2.57. The van der Waals surface area contributed by atoms with Crippen LogP contribution < -0.4 is 24.8 Å². The Morgan fingerprint density at radius 3 is 2.92 bits per heavy atom. The van der Waals surface area contributed by atoms with Crippen LogP contribution >= 0.6 is 12.4 Å². The second kappa shape index (κ2) is 7.07. The second-order valence-electron chi connectivity index (χ2n) is 6.52. The first kappa shape index (κ1) is 17.2. The fraction of sp³-hybridized carbons (Fsp3) is 0.588. The van der Waals surface area contributed by atoms with Crippen molar-refractivity contribution in [2.45, 2.75) is 19.3 Å². The van der Waals surface area contributed by atoms with E-state index in [0.717, 1.165) is 43.9 Å². The quantitative estimate of drug-likeness (QED) is 0.788. The maximum Gasteiger partial charge on any atom is 0.231 e. The van der Waals surface area contributed by atoms with Gasteiger partial charge in [0.05, 0.1) is 6.54 Å². The fourth-order valence-corrected chi connectivity index (χ4v) is 3.63. The molecule has 1 unspecified atom stereocenters. The number of rotatable bonds is 5. The van der Waals surface area contributed by atoms with Gasteiger partial charge in [-0.25, -0.2) is 0 Å². The zero-order valence-electron chi connectivity index (χ0n) is 13.5. The summed E-state index contributed by atoms with van der Waals surface area (Å²) < 4.78 is 16.2. The second-order valence-corrected chi connectivity index (χ2v) is 6.52. The smallest absolute Gasteiger partial charge is 0.231 e. The molecule has 1 amide bonds. The molecule has 0 aromatic heterocycles. The topological polar surface area (TPSA) is 68.8 Å². The summed E-state index contributed by atoms with van der Waals surface area (Å²) in [5.41, 5.74) is 0.285. The lowest BCUT2D eigenvalue weighted by molar-refractivity contribution is -0.123. The molecule has 4 rings (SSSR count). The highest BCUT2D eigenvalue weighted by atomic mass is 35.5. The molecule has 0 bridgehead atoms. The lowest BCUT2D eigenvalue weighted by atomic mass is 9.92. The van der Waals surface area contributed by atoms with E-state index < -0.39 is 0 Å². The van der Waals surface area contributed by atoms with E-state index in [0.29, 0.717) is 18.9 Å². The molecule has 1 spiro atoms. The van der Waals surface area contributed by atoms with Gasteiger partial charge in [0.15, 0.2) is 11.5 Å². The fourth-order valence-electron chi connectivity index (χ4n) is 3.63. The van der Waals surface area contributed by atoms with Crippen molar-refractivity contribution >= 4 is 18.3 Å². The monoisotopic (exact) mass is 354 g/mol. The van der Waals surface area contributed by atoms with Crippen molar-refractivity contribution in [2.24, 2.45) is 11.3 Å².